The predicted octanol–water partition coefficient (Wildman–Crippen LogP) is 4.64. The van der Waals surface area contributed by atoms with E-state index in [2.05, 4.69) is 5.32 Å². The van der Waals surface area contributed by atoms with Gasteiger partial charge < -0.3 is 5.32 Å². The Morgan fingerprint density at radius 1 is 1.26 bits per heavy atom. The van der Waals surface area contributed by atoms with Crippen LogP contribution in [0.3, 0.4) is 0 Å². The summed E-state index contributed by atoms with van der Waals surface area (Å²) < 4.78 is 13.6. The summed E-state index contributed by atoms with van der Waals surface area (Å²) in [6, 6.07) is 9.28. The Morgan fingerprint density at radius 3 is 2.63 bits per heavy atom. The van der Waals surface area contributed by atoms with Gasteiger partial charge in [0.05, 0.1) is 5.56 Å². The summed E-state index contributed by atoms with van der Waals surface area (Å²) in [5.74, 6) is -0.626. The Morgan fingerprint density at radius 2 is 2.00 bits per heavy atom. The fraction of sp³-hybridized carbons (Fsp3) is 0.0714. The first kappa shape index (κ1) is 14.3. The summed E-state index contributed by atoms with van der Waals surface area (Å²) >= 11 is 7.79. The molecule has 0 aliphatic carbocycles. The van der Waals surface area contributed by atoms with Gasteiger partial charge in [0.15, 0.2) is 0 Å². The van der Waals surface area contributed by atoms with Crippen LogP contribution in [0.4, 0.5) is 10.1 Å². The van der Waals surface area contributed by atoms with E-state index in [1.807, 2.05) is 29.5 Å². The number of anilines is 1. The molecule has 0 radical (unpaired) electrons. The summed E-state index contributed by atoms with van der Waals surface area (Å²) in [4.78, 5) is 12.1. The van der Waals surface area contributed by atoms with E-state index < -0.39 is 0 Å². The quantitative estimate of drug-likeness (QED) is 0.745. The molecule has 2 nitrogen and oxygen atoms in total. The van der Waals surface area contributed by atoms with Gasteiger partial charge in [0.2, 0.25) is 0 Å². The van der Waals surface area contributed by atoms with Crippen LogP contribution in [0.5, 0.6) is 0 Å². The number of carbonyl (C=O) groups is 1. The van der Waals surface area contributed by atoms with Crippen LogP contribution in [0, 0.1) is 16.3 Å². The van der Waals surface area contributed by atoms with Gasteiger partial charge in [0, 0.05) is 14.3 Å². The summed E-state index contributed by atoms with van der Waals surface area (Å²) in [5.41, 5.74) is 2.00. The van der Waals surface area contributed by atoms with Gasteiger partial charge >= 0.3 is 0 Å². The van der Waals surface area contributed by atoms with Crippen molar-refractivity contribution in [3.63, 3.8) is 0 Å². The van der Waals surface area contributed by atoms with Crippen molar-refractivity contribution in [2.45, 2.75) is 6.92 Å². The van der Waals surface area contributed by atoms with Crippen LogP contribution in [-0.4, -0.2) is 5.91 Å². The minimum atomic E-state index is -0.358. The van der Waals surface area contributed by atoms with Gasteiger partial charge in [0.25, 0.3) is 5.91 Å². The minimum Gasteiger partial charge on any atom is -0.322 e. The summed E-state index contributed by atoms with van der Waals surface area (Å²) in [6.07, 6.45) is 0. The van der Waals surface area contributed by atoms with Crippen LogP contribution < -0.4 is 5.32 Å². The molecule has 0 saturated carbocycles. The number of carbonyl (C=O) groups excluding carboxylic acids is 1. The Balaban J connectivity index is 2.25. The lowest BCUT2D eigenvalue weighted by Crippen LogP contribution is -2.14. The van der Waals surface area contributed by atoms with Crippen LogP contribution >= 0.6 is 34.2 Å². The lowest BCUT2D eigenvalue weighted by molar-refractivity contribution is 0.102. The second-order valence-corrected chi connectivity index (χ2v) is 5.64. The van der Waals surface area contributed by atoms with E-state index in [1.165, 1.54) is 18.2 Å². The zero-order chi connectivity index (χ0) is 14.0. The largest absolute Gasteiger partial charge is 0.322 e. The van der Waals surface area contributed by atoms with E-state index in [-0.39, 0.29) is 11.7 Å². The first-order chi connectivity index (χ1) is 8.97. The van der Waals surface area contributed by atoms with Crippen LogP contribution in [0.1, 0.15) is 15.9 Å². The van der Waals surface area contributed by atoms with Gasteiger partial charge in [-0.2, -0.15) is 0 Å². The molecule has 0 atom stereocenters. The van der Waals surface area contributed by atoms with Crippen molar-refractivity contribution in [1.82, 2.24) is 0 Å². The highest BCUT2D eigenvalue weighted by Gasteiger charge is 2.12. The number of amides is 1. The number of hydrogen-bond donors (Lipinski definition) is 1. The molecule has 0 spiro atoms. The minimum absolute atomic E-state index is 0.269. The summed E-state index contributed by atoms with van der Waals surface area (Å²) in [5, 5.41) is 3.41. The third-order valence-electron chi connectivity index (χ3n) is 2.61. The van der Waals surface area contributed by atoms with Crippen LogP contribution in [0.15, 0.2) is 36.4 Å². The van der Waals surface area contributed by atoms with E-state index in [0.29, 0.717) is 19.8 Å². The van der Waals surface area contributed by atoms with Crippen molar-refractivity contribution in [3.05, 3.63) is 61.9 Å². The molecule has 0 unspecified atom stereocenters. The molecule has 1 amide bonds. The average molecular weight is 390 g/mol. The highest BCUT2D eigenvalue weighted by Crippen LogP contribution is 2.21. The standard InChI is InChI=1S/C14H10ClFINO/c1-8-6-9(15)2-5-13(8)18-14(19)11-4-3-10(16)7-12(11)17/h2-7H,1H3,(H,18,19). The topological polar surface area (TPSA) is 29.1 Å². The van der Waals surface area contributed by atoms with Gasteiger partial charge in [0.1, 0.15) is 5.82 Å². The lowest BCUT2D eigenvalue weighted by atomic mass is 10.1. The number of nitrogens with one attached hydrogen (secondary N) is 1. The molecule has 2 rings (SSSR count). The Kier molecular flexibility index (Phi) is 4.42. The Bertz CT molecular complexity index is 645. The van der Waals surface area contributed by atoms with E-state index in [9.17, 15) is 9.18 Å². The van der Waals surface area contributed by atoms with Gasteiger partial charge in [-0.15, -0.1) is 0 Å². The molecule has 0 aromatic heterocycles. The molecule has 0 heterocycles. The van der Waals surface area contributed by atoms with Gasteiger partial charge in [-0.25, -0.2) is 4.39 Å². The Labute approximate surface area is 129 Å². The first-order valence-corrected chi connectivity index (χ1v) is 6.95. The summed E-state index contributed by atoms with van der Waals surface area (Å²) in [6.45, 7) is 1.86. The van der Waals surface area contributed by atoms with Crippen molar-refractivity contribution in [1.29, 1.82) is 0 Å². The second kappa shape index (κ2) is 5.88. The molecule has 0 saturated heterocycles. The molecular weight excluding hydrogens is 380 g/mol. The molecule has 0 aliphatic heterocycles. The van der Waals surface area contributed by atoms with E-state index in [0.717, 1.165) is 5.56 Å². The predicted molar refractivity (Wildman–Crippen MR) is 83.3 cm³/mol. The SMILES string of the molecule is Cc1cc(Cl)ccc1NC(=O)c1ccc(F)cc1I. The molecule has 2 aromatic rings. The molecule has 0 aliphatic rings. The fourth-order valence-corrected chi connectivity index (χ4v) is 2.58. The van der Waals surface area contributed by atoms with E-state index in [1.54, 1.807) is 18.2 Å². The zero-order valence-electron chi connectivity index (χ0n) is 10.0. The van der Waals surface area contributed by atoms with Crippen LogP contribution in [-0.2, 0) is 0 Å². The second-order valence-electron chi connectivity index (χ2n) is 4.04. The van der Waals surface area contributed by atoms with E-state index in [4.69, 9.17) is 11.6 Å². The zero-order valence-corrected chi connectivity index (χ0v) is 12.9. The third-order valence-corrected chi connectivity index (χ3v) is 3.74. The van der Waals surface area contributed by atoms with Crippen LogP contribution in [0.25, 0.3) is 0 Å². The molecule has 0 bridgehead atoms. The Hall–Kier alpha value is -1.14. The molecule has 5 heteroatoms. The molecule has 19 heavy (non-hydrogen) atoms. The van der Waals surface area contributed by atoms with Crippen molar-refractivity contribution >= 4 is 45.8 Å². The van der Waals surface area contributed by atoms with Gasteiger partial charge in [-0.05, 0) is 71.5 Å². The van der Waals surface area contributed by atoms with Crippen molar-refractivity contribution in [3.8, 4) is 0 Å². The van der Waals surface area contributed by atoms with Crippen molar-refractivity contribution < 1.29 is 9.18 Å². The highest BCUT2D eigenvalue weighted by molar-refractivity contribution is 14.1. The maximum atomic E-state index is 13.0. The normalized spacial score (nSPS) is 10.3. The van der Waals surface area contributed by atoms with E-state index >= 15 is 0 Å². The molecule has 1 N–H and O–H groups in total. The average Bonchev–Trinajstić information content (AvgIpc) is 2.32. The smallest absolute Gasteiger partial charge is 0.256 e. The molecule has 2 aromatic carbocycles. The maximum Gasteiger partial charge on any atom is 0.256 e. The third kappa shape index (κ3) is 3.45. The van der Waals surface area contributed by atoms with Crippen molar-refractivity contribution in [2.75, 3.05) is 5.32 Å². The van der Waals surface area contributed by atoms with Crippen LogP contribution in [0.2, 0.25) is 5.02 Å². The number of rotatable bonds is 2. The maximum absolute atomic E-state index is 13.0. The monoisotopic (exact) mass is 389 g/mol. The molecule has 0 fully saturated rings. The number of hydrogen-bond acceptors (Lipinski definition) is 1. The lowest BCUT2D eigenvalue weighted by Gasteiger charge is -2.09. The van der Waals surface area contributed by atoms with Crippen molar-refractivity contribution in [2.24, 2.45) is 0 Å². The first-order valence-electron chi connectivity index (χ1n) is 5.50. The van der Waals surface area contributed by atoms with Gasteiger partial charge in [-0.3, -0.25) is 4.79 Å². The number of halogens is 3. The number of aryl methyl sites for hydroxylation is 1. The highest BCUT2D eigenvalue weighted by atomic mass is 127. The molecular formula is C14H10ClFINO. The summed E-state index contributed by atoms with van der Waals surface area (Å²) in [7, 11) is 0. The van der Waals surface area contributed by atoms with Gasteiger partial charge in [-0.1, -0.05) is 11.6 Å². The molecule has 98 valence electrons. The fourth-order valence-electron chi connectivity index (χ4n) is 1.63. The number of benzene rings is 2.